The van der Waals surface area contributed by atoms with Gasteiger partial charge in [-0.3, -0.25) is 9.59 Å². The van der Waals surface area contributed by atoms with Gasteiger partial charge in [-0.15, -0.1) is 11.3 Å². The number of aromatic nitrogens is 2. The maximum Gasteiger partial charge on any atom is 0.335 e. The summed E-state index contributed by atoms with van der Waals surface area (Å²) >= 11 is 1.43. The number of rotatable bonds is 4. The summed E-state index contributed by atoms with van der Waals surface area (Å²) in [6.07, 6.45) is 3.54. The fraction of sp³-hybridized carbons (Fsp3) is 0.273. The molecule has 4 rings (SSSR count). The highest BCUT2D eigenvalue weighted by Gasteiger charge is 2.25. The smallest absolute Gasteiger partial charge is 0.335 e. The minimum atomic E-state index is -1.02. The van der Waals surface area contributed by atoms with Crippen LogP contribution in [0.15, 0.2) is 29.1 Å². The molecule has 2 aromatic heterocycles. The molecule has 0 bridgehead atoms. The minimum absolute atomic E-state index is 0.164. The van der Waals surface area contributed by atoms with Gasteiger partial charge in [-0.1, -0.05) is 12.1 Å². The third-order valence-corrected chi connectivity index (χ3v) is 6.49. The molecule has 1 aliphatic rings. The number of H-pyrrole nitrogens is 1. The molecule has 1 aromatic carbocycles. The highest BCUT2D eigenvalue weighted by Crippen LogP contribution is 2.28. The molecule has 0 radical (unpaired) electrons. The van der Waals surface area contributed by atoms with Gasteiger partial charge in [-0.05, 0) is 56.0 Å². The van der Waals surface area contributed by atoms with E-state index in [-0.39, 0.29) is 22.9 Å². The molecule has 0 unspecified atom stereocenters. The molecule has 1 aliphatic heterocycles. The number of aryl methyl sites for hydroxylation is 2. The molecule has 0 atom stereocenters. The van der Waals surface area contributed by atoms with Crippen LogP contribution in [0.25, 0.3) is 21.9 Å². The third-order valence-electron chi connectivity index (χ3n) is 5.39. The summed E-state index contributed by atoms with van der Waals surface area (Å²) in [5.74, 6) is -0.978. The number of carboxylic acid groups (broad SMARTS) is 1. The Balaban J connectivity index is 1.85. The maximum atomic E-state index is 13.2. The molecule has 1 fully saturated rings. The zero-order valence-corrected chi connectivity index (χ0v) is 17.5. The van der Waals surface area contributed by atoms with Gasteiger partial charge in [0.1, 0.15) is 10.7 Å². The summed E-state index contributed by atoms with van der Waals surface area (Å²) in [5.41, 5.74) is 1.75. The lowest BCUT2D eigenvalue weighted by molar-refractivity contribution is -0.123. The Morgan fingerprint density at radius 3 is 2.47 bits per heavy atom. The van der Waals surface area contributed by atoms with Crippen LogP contribution < -0.4 is 5.56 Å². The first-order chi connectivity index (χ1) is 14.3. The molecule has 0 aliphatic carbocycles. The number of amides is 1. The molecule has 1 saturated heterocycles. The summed E-state index contributed by atoms with van der Waals surface area (Å²) in [5, 5.41) is 9.65. The van der Waals surface area contributed by atoms with E-state index in [0.29, 0.717) is 34.4 Å². The van der Waals surface area contributed by atoms with E-state index in [1.165, 1.54) is 23.5 Å². The van der Waals surface area contributed by atoms with E-state index in [2.05, 4.69) is 9.97 Å². The number of thiophene rings is 1. The van der Waals surface area contributed by atoms with Gasteiger partial charge >= 0.3 is 5.97 Å². The molecular formula is C22H21N3O4S. The Bertz CT molecular complexity index is 1230. The van der Waals surface area contributed by atoms with Gasteiger partial charge in [0.2, 0.25) is 0 Å². The van der Waals surface area contributed by atoms with Gasteiger partial charge in [0, 0.05) is 18.0 Å². The average molecular weight is 423 g/mol. The van der Waals surface area contributed by atoms with Crippen LogP contribution in [0.5, 0.6) is 0 Å². The fourth-order valence-electron chi connectivity index (χ4n) is 3.59. The highest BCUT2D eigenvalue weighted by atomic mass is 32.1. The summed E-state index contributed by atoms with van der Waals surface area (Å²) in [6, 6.07) is 6.24. The molecule has 3 heterocycles. The molecule has 8 heteroatoms. The number of likely N-dealkylation sites (tertiary alicyclic amines) is 1. The van der Waals surface area contributed by atoms with E-state index >= 15 is 0 Å². The van der Waals surface area contributed by atoms with Gasteiger partial charge in [-0.2, -0.15) is 0 Å². The molecule has 0 spiro atoms. The number of carbonyl (C=O) groups excluding carboxylic acids is 1. The van der Waals surface area contributed by atoms with Crippen LogP contribution in [0, 0.1) is 13.8 Å². The quantitative estimate of drug-likeness (QED) is 0.626. The van der Waals surface area contributed by atoms with Crippen LogP contribution in [0.3, 0.4) is 0 Å². The van der Waals surface area contributed by atoms with E-state index in [0.717, 1.165) is 23.3 Å². The largest absolute Gasteiger partial charge is 0.478 e. The number of nitrogens with one attached hydrogen (secondary N) is 1. The monoisotopic (exact) mass is 423 g/mol. The number of hydrogen-bond donors (Lipinski definition) is 2. The van der Waals surface area contributed by atoms with Crippen molar-refractivity contribution in [2.45, 2.75) is 26.7 Å². The summed E-state index contributed by atoms with van der Waals surface area (Å²) in [6.45, 7) is 5.16. The van der Waals surface area contributed by atoms with Crippen LogP contribution in [0.4, 0.5) is 0 Å². The summed E-state index contributed by atoms with van der Waals surface area (Å²) < 4.78 is 0. The zero-order valence-electron chi connectivity index (χ0n) is 16.7. The molecule has 7 nitrogen and oxygen atoms in total. The van der Waals surface area contributed by atoms with Crippen LogP contribution in [0.2, 0.25) is 0 Å². The summed E-state index contributed by atoms with van der Waals surface area (Å²) in [7, 11) is 0. The van der Waals surface area contributed by atoms with Crippen molar-refractivity contribution < 1.29 is 14.7 Å². The van der Waals surface area contributed by atoms with E-state index in [1.54, 1.807) is 23.1 Å². The first kappa shape index (κ1) is 20.0. The Morgan fingerprint density at radius 2 is 1.83 bits per heavy atom. The van der Waals surface area contributed by atoms with Gasteiger partial charge in [-0.25, -0.2) is 9.78 Å². The number of benzene rings is 1. The van der Waals surface area contributed by atoms with Crippen molar-refractivity contribution in [1.29, 1.82) is 0 Å². The maximum absolute atomic E-state index is 13.2. The second-order valence-electron chi connectivity index (χ2n) is 7.36. The van der Waals surface area contributed by atoms with Crippen molar-refractivity contribution in [3.05, 3.63) is 62.0 Å². The molecular weight excluding hydrogens is 402 g/mol. The van der Waals surface area contributed by atoms with Crippen molar-refractivity contribution in [2.75, 3.05) is 13.1 Å². The molecule has 154 valence electrons. The van der Waals surface area contributed by atoms with Crippen molar-refractivity contribution in [3.8, 4) is 0 Å². The van der Waals surface area contributed by atoms with Gasteiger partial charge < -0.3 is 15.0 Å². The molecule has 30 heavy (non-hydrogen) atoms. The number of fused-ring (bicyclic) bond motifs is 1. The number of aromatic carboxylic acids is 1. The summed E-state index contributed by atoms with van der Waals surface area (Å²) in [4.78, 5) is 47.9. The topological polar surface area (TPSA) is 103 Å². The first-order valence-corrected chi connectivity index (χ1v) is 10.5. The van der Waals surface area contributed by atoms with E-state index in [9.17, 15) is 14.4 Å². The number of aromatic amines is 1. The van der Waals surface area contributed by atoms with Crippen LogP contribution in [-0.4, -0.2) is 44.9 Å². The van der Waals surface area contributed by atoms with Crippen LogP contribution >= 0.6 is 11.3 Å². The normalized spacial score (nSPS) is 14.5. The number of carboxylic acids is 1. The second-order valence-corrected chi connectivity index (χ2v) is 8.57. The van der Waals surface area contributed by atoms with Crippen molar-refractivity contribution in [1.82, 2.24) is 14.9 Å². The SMILES string of the molecule is Cc1sc2nc(/C(=C/c3ccc(C(=O)O)cc3)C(=O)N3CCCC3)[nH]c(=O)c2c1C. The average Bonchev–Trinajstić information content (AvgIpc) is 3.35. The second kappa shape index (κ2) is 7.87. The van der Waals surface area contributed by atoms with Crippen LogP contribution in [0.1, 0.15) is 45.0 Å². The van der Waals surface area contributed by atoms with E-state index < -0.39 is 5.97 Å². The lowest BCUT2D eigenvalue weighted by Crippen LogP contribution is -2.29. The van der Waals surface area contributed by atoms with Gasteiger partial charge in [0.25, 0.3) is 11.5 Å². The Morgan fingerprint density at radius 1 is 1.17 bits per heavy atom. The predicted molar refractivity (Wildman–Crippen MR) is 117 cm³/mol. The minimum Gasteiger partial charge on any atom is -0.478 e. The van der Waals surface area contributed by atoms with E-state index in [1.807, 2.05) is 13.8 Å². The van der Waals surface area contributed by atoms with Gasteiger partial charge in [0.05, 0.1) is 16.5 Å². The number of nitrogens with zero attached hydrogens (tertiary/aromatic N) is 2. The fourth-order valence-corrected chi connectivity index (χ4v) is 4.62. The molecule has 3 aromatic rings. The zero-order chi connectivity index (χ0) is 21.4. The number of hydrogen-bond acceptors (Lipinski definition) is 5. The molecule has 2 N–H and O–H groups in total. The lowest BCUT2D eigenvalue weighted by Gasteiger charge is -2.17. The van der Waals surface area contributed by atoms with Crippen molar-refractivity contribution in [3.63, 3.8) is 0 Å². The van der Waals surface area contributed by atoms with Crippen molar-refractivity contribution >= 4 is 45.1 Å². The Kier molecular flexibility index (Phi) is 5.26. The Labute approximate surface area is 176 Å². The van der Waals surface area contributed by atoms with E-state index in [4.69, 9.17) is 5.11 Å². The molecule has 1 amide bonds. The lowest BCUT2D eigenvalue weighted by atomic mass is 10.1. The Hall–Kier alpha value is -3.26. The number of carbonyl (C=O) groups is 2. The van der Waals surface area contributed by atoms with Gasteiger partial charge in [0.15, 0.2) is 0 Å². The highest BCUT2D eigenvalue weighted by molar-refractivity contribution is 7.18. The predicted octanol–water partition coefficient (Wildman–Crippen LogP) is 3.46. The third kappa shape index (κ3) is 3.66. The van der Waals surface area contributed by atoms with Crippen molar-refractivity contribution in [2.24, 2.45) is 0 Å². The first-order valence-electron chi connectivity index (χ1n) is 9.70. The standard InChI is InChI=1S/C22H21N3O4S/c1-12-13(2)30-20-17(12)19(26)23-18(24-20)16(21(27)25-9-3-4-10-25)11-14-5-7-15(8-6-14)22(28)29/h5-8,11H,3-4,9-10H2,1-2H3,(H,28,29)(H,23,24,26)/b16-11-. The molecule has 0 saturated carbocycles. The van der Waals surface area contributed by atoms with Crippen LogP contribution in [-0.2, 0) is 4.79 Å².